The lowest BCUT2D eigenvalue weighted by Gasteiger charge is -2.11. The van der Waals surface area contributed by atoms with E-state index >= 15 is 0 Å². The van der Waals surface area contributed by atoms with Crippen LogP contribution in [0, 0.1) is 0 Å². The molecule has 1 aliphatic rings. The molecule has 1 aromatic heterocycles. The fourth-order valence-corrected chi connectivity index (χ4v) is 2.61. The van der Waals surface area contributed by atoms with Gasteiger partial charge in [0.25, 0.3) is 5.91 Å². The maximum absolute atomic E-state index is 12.4. The second-order valence-electron chi connectivity index (χ2n) is 5.05. The Morgan fingerprint density at radius 1 is 1.24 bits per heavy atom. The van der Waals surface area contributed by atoms with Crippen LogP contribution in [0.25, 0.3) is 10.9 Å². The lowest BCUT2D eigenvalue weighted by atomic mass is 10.1. The van der Waals surface area contributed by atoms with Gasteiger partial charge in [0.05, 0.1) is 17.4 Å². The van der Waals surface area contributed by atoms with E-state index < -0.39 is 6.10 Å². The summed E-state index contributed by atoms with van der Waals surface area (Å²) >= 11 is 0. The molecule has 1 amide bonds. The Balaban J connectivity index is 1.56. The van der Waals surface area contributed by atoms with E-state index in [1.165, 1.54) is 0 Å². The van der Waals surface area contributed by atoms with Crippen molar-refractivity contribution in [1.29, 1.82) is 0 Å². The van der Waals surface area contributed by atoms with Crippen molar-refractivity contribution >= 4 is 22.5 Å². The van der Waals surface area contributed by atoms with E-state index in [1.807, 2.05) is 42.5 Å². The largest absolute Gasteiger partial charge is 0.480 e. The van der Waals surface area contributed by atoms with Crippen LogP contribution in [0.1, 0.15) is 5.56 Å². The Hall–Kier alpha value is -2.82. The number of aromatic nitrogens is 2. The molecular formula is C16H13N3O2. The summed E-state index contributed by atoms with van der Waals surface area (Å²) in [7, 11) is 0. The number of carbonyl (C=O) groups excluding carboxylic acids is 1. The van der Waals surface area contributed by atoms with Crippen molar-refractivity contribution in [3.63, 3.8) is 0 Å². The van der Waals surface area contributed by atoms with Crippen LogP contribution >= 0.6 is 0 Å². The molecule has 5 nitrogen and oxygen atoms in total. The zero-order valence-electron chi connectivity index (χ0n) is 11.2. The Morgan fingerprint density at radius 3 is 3.05 bits per heavy atom. The molecule has 0 bridgehead atoms. The smallest absolute Gasteiger partial charge is 0.265 e. The fraction of sp³-hybridized carbons (Fsp3) is 0.125. The molecule has 3 aromatic rings. The normalized spacial score (nSPS) is 16.5. The first kappa shape index (κ1) is 12.0. The molecule has 1 atom stereocenters. The fourth-order valence-electron chi connectivity index (χ4n) is 2.61. The van der Waals surface area contributed by atoms with Gasteiger partial charge in [-0.3, -0.25) is 9.89 Å². The molecule has 1 unspecified atom stereocenters. The minimum Gasteiger partial charge on any atom is -0.480 e. The summed E-state index contributed by atoms with van der Waals surface area (Å²) in [6.45, 7) is 0. The van der Waals surface area contributed by atoms with Gasteiger partial charge in [0.15, 0.2) is 6.10 Å². The third-order valence-corrected chi connectivity index (χ3v) is 3.67. The number of ether oxygens (including phenoxy) is 1. The second-order valence-corrected chi connectivity index (χ2v) is 5.05. The molecule has 2 aromatic carbocycles. The Bertz CT molecular complexity index is 800. The highest BCUT2D eigenvalue weighted by atomic mass is 16.5. The Morgan fingerprint density at radius 2 is 2.14 bits per heavy atom. The van der Waals surface area contributed by atoms with Gasteiger partial charge in [-0.2, -0.15) is 5.10 Å². The SMILES string of the molecule is O=C(Nc1cccc2cn[nH]c12)C1Cc2ccccc2O1. The number of H-pyrrole nitrogens is 1. The van der Waals surface area contributed by atoms with Gasteiger partial charge in [-0.05, 0) is 17.7 Å². The molecule has 4 rings (SSSR count). The summed E-state index contributed by atoms with van der Waals surface area (Å²) in [6, 6.07) is 13.4. The van der Waals surface area contributed by atoms with Crippen LogP contribution < -0.4 is 10.1 Å². The molecule has 5 heteroatoms. The predicted molar refractivity (Wildman–Crippen MR) is 79.3 cm³/mol. The summed E-state index contributed by atoms with van der Waals surface area (Å²) in [6.07, 6.45) is 1.84. The van der Waals surface area contributed by atoms with Gasteiger partial charge in [-0.1, -0.05) is 30.3 Å². The van der Waals surface area contributed by atoms with Crippen molar-refractivity contribution in [2.24, 2.45) is 0 Å². The van der Waals surface area contributed by atoms with Crippen LogP contribution in [0.3, 0.4) is 0 Å². The molecule has 21 heavy (non-hydrogen) atoms. The van der Waals surface area contributed by atoms with E-state index in [1.54, 1.807) is 6.20 Å². The highest BCUT2D eigenvalue weighted by Gasteiger charge is 2.29. The quantitative estimate of drug-likeness (QED) is 0.757. The summed E-state index contributed by atoms with van der Waals surface area (Å²) in [5.74, 6) is 0.644. The third-order valence-electron chi connectivity index (χ3n) is 3.67. The molecule has 0 fully saturated rings. The van der Waals surface area contributed by atoms with E-state index in [0.717, 1.165) is 27.9 Å². The third kappa shape index (κ3) is 2.03. The Kier molecular flexibility index (Phi) is 2.64. The lowest BCUT2D eigenvalue weighted by molar-refractivity contribution is -0.122. The molecule has 2 N–H and O–H groups in total. The lowest BCUT2D eigenvalue weighted by Crippen LogP contribution is -2.31. The number of hydrogen-bond acceptors (Lipinski definition) is 3. The number of carbonyl (C=O) groups is 1. The van der Waals surface area contributed by atoms with Crippen LogP contribution in [0.2, 0.25) is 0 Å². The van der Waals surface area contributed by atoms with E-state index in [9.17, 15) is 4.79 Å². The number of hydrogen-bond donors (Lipinski definition) is 2. The summed E-state index contributed by atoms with van der Waals surface area (Å²) in [5.41, 5.74) is 2.60. The average molecular weight is 279 g/mol. The molecule has 0 saturated carbocycles. The van der Waals surface area contributed by atoms with Gasteiger partial charge >= 0.3 is 0 Å². The number of benzene rings is 2. The van der Waals surface area contributed by atoms with Gasteiger partial charge < -0.3 is 10.1 Å². The van der Waals surface area contributed by atoms with Crippen molar-refractivity contribution < 1.29 is 9.53 Å². The number of nitrogens with one attached hydrogen (secondary N) is 2. The van der Waals surface area contributed by atoms with E-state index in [2.05, 4.69) is 15.5 Å². The topological polar surface area (TPSA) is 67.0 Å². The van der Waals surface area contributed by atoms with Gasteiger partial charge in [0, 0.05) is 11.8 Å². The molecule has 104 valence electrons. The highest BCUT2D eigenvalue weighted by Crippen LogP contribution is 2.29. The van der Waals surface area contributed by atoms with Crippen molar-refractivity contribution in [3.05, 3.63) is 54.2 Å². The van der Waals surface area contributed by atoms with E-state index in [4.69, 9.17) is 4.74 Å². The van der Waals surface area contributed by atoms with Gasteiger partial charge in [0.1, 0.15) is 5.75 Å². The molecule has 1 aliphatic heterocycles. The minimum atomic E-state index is -0.486. The number of anilines is 1. The van der Waals surface area contributed by atoms with Crippen molar-refractivity contribution in [2.45, 2.75) is 12.5 Å². The molecule has 0 saturated heterocycles. The first-order valence-electron chi connectivity index (χ1n) is 6.79. The van der Waals surface area contributed by atoms with Gasteiger partial charge in [-0.25, -0.2) is 0 Å². The Labute approximate surface area is 120 Å². The maximum atomic E-state index is 12.4. The number of amides is 1. The molecular weight excluding hydrogens is 266 g/mol. The number of aromatic amines is 1. The zero-order chi connectivity index (χ0) is 14.2. The maximum Gasteiger partial charge on any atom is 0.265 e. The molecule has 0 aliphatic carbocycles. The highest BCUT2D eigenvalue weighted by molar-refractivity contribution is 6.02. The van der Waals surface area contributed by atoms with Crippen LogP contribution in [-0.2, 0) is 11.2 Å². The van der Waals surface area contributed by atoms with Gasteiger partial charge in [-0.15, -0.1) is 0 Å². The average Bonchev–Trinajstić information content (AvgIpc) is 3.14. The van der Waals surface area contributed by atoms with Crippen LogP contribution in [0.5, 0.6) is 5.75 Å². The first-order valence-corrected chi connectivity index (χ1v) is 6.79. The van der Waals surface area contributed by atoms with E-state index in [-0.39, 0.29) is 5.91 Å². The molecule has 2 heterocycles. The van der Waals surface area contributed by atoms with Crippen molar-refractivity contribution in [3.8, 4) is 5.75 Å². The predicted octanol–water partition coefficient (Wildman–Crippen LogP) is 2.51. The number of para-hydroxylation sites is 2. The van der Waals surface area contributed by atoms with Crippen molar-refractivity contribution in [2.75, 3.05) is 5.32 Å². The molecule has 0 radical (unpaired) electrons. The summed E-state index contributed by atoms with van der Waals surface area (Å²) in [4.78, 5) is 12.4. The monoisotopic (exact) mass is 279 g/mol. The zero-order valence-corrected chi connectivity index (χ0v) is 11.2. The van der Waals surface area contributed by atoms with Crippen molar-refractivity contribution in [1.82, 2.24) is 10.2 Å². The standard InChI is InChI=1S/C16H13N3O2/c20-16(14-8-10-4-1-2-7-13(10)21-14)18-12-6-3-5-11-9-17-19-15(11)12/h1-7,9,14H,8H2,(H,17,19)(H,18,20). The minimum absolute atomic E-state index is 0.145. The summed E-state index contributed by atoms with van der Waals surface area (Å²) < 4.78 is 5.70. The second kappa shape index (κ2) is 4.63. The van der Waals surface area contributed by atoms with E-state index in [0.29, 0.717) is 6.42 Å². The number of nitrogens with zero attached hydrogens (tertiary/aromatic N) is 1. The van der Waals surface area contributed by atoms with Crippen LogP contribution in [0.15, 0.2) is 48.7 Å². The summed E-state index contributed by atoms with van der Waals surface area (Å²) in [5, 5.41) is 10.8. The first-order chi connectivity index (χ1) is 10.3. The van der Waals surface area contributed by atoms with Crippen LogP contribution in [-0.4, -0.2) is 22.2 Å². The number of fused-ring (bicyclic) bond motifs is 2. The van der Waals surface area contributed by atoms with Crippen LogP contribution in [0.4, 0.5) is 5.69 Å². The number of rotatable bonds is 2. The van der Waals surface area contributed by atoms with Gasteiger partial charge in [0.2, 0.25) is 0 Å². The molecule has 0 spiro atoms.